The summed E-state index contributed by atoms with van der Waals surface area (Å²) in [6.07, 6.45) is 11.7. The molecule has 2 saturated carbocycles. The third kappa shape index (κ3) is 3.78. The van der Waals surface area contributed by atoms with E-state index in [1.165, 1.54) is 32.1 Å². The van der Waals surface area contributed by atoms with Crippen LogP contribution in [0.25, 0.3) is 0 Å². The molecule has 0 heteroatoms. The maximum atomic E-state index is 2.61. The number of hydrogen-bond acceptors (Lipinski definition) is 0. The second kappa shape index (κ2) is 7.96. The van der Waals surface area contributed by atoms with Crippen LogP contribution in [0.15, 0.2) is 12.2 Å². The lowest BCUT2D eigenvalue weighted by Crippen LogP contribution is -2.50. The predicted molar refractivity (Wildman–Crippen MR) is 108 cm³/mol. The lowest BCUT2D eigenvalue weighted by atomic mass is 9.48. The van der Waals surface area contributed by atoms with Crippen LogP contribution >= 0.6 is 0 Å². The smallest absolute Gasteiger partial charge is 0.0261 e. The van der Waals surface area contributed by atoms with Crippen molar-refractivity contribution in [1.29, 1.82) is 0 Å². The Kier molecular flexibility index (Phi) is 6.65. The van der Waals surface area contributed by atoms with Gasteiger partial charge in [-0.15, -0.1) is 0 Å². The molecule has 0 aliphatic heterocycles. The van der Waals surface area contributed by atoms with E-state index in [-0.39, 0.29) is 0 Å². The van der Waals surface area contributed by atoms with Gasteiger partial charge in [-0.25, -0.2) is 0 Å². The molecule has 0 aromatic carbocycles. The van der Waals surface area contributed by atoms with Gasteiger partial charge in [-0.3, -0.25) is 0 Å². The number of allylic oxidation sites excluding steroid dienone is 2. The van der Waals surface area contributed by atoms with Gasteiger partial charge in [0.2, 0.25) is 0 Å². The molecule has 2 aliphatic rings. The predicted octanol–water partition coefficient (Wildman–Crippen LogP) is 7.60. The van der Waals surface area contributed by atoms with E-state index in [0.29, 0.717) is 5.41 Å². The number of fused-ring (bicyclic) bond motifs is 1. The number of rotatable bonds is 8. The van der Waals surface area contributed by atoms with Crippen molar-refractivity contribution in [3.8, 4) is 0 Å². The van der Waals surface area contributed by atoms with Crippen LogP contribution in [0.1, 0.15) is 87.5 Å². The van der Waals surface area contributed by atoms with Crippen LogP contribution in [0, 0.1) is 52.8 Å². The van der Waals surface area contributed by atoms with Gasteiger partial charge in [0.1, 0.15) is 0 Å². The Morgan fingerprint density at radius 2 is 1.71 bits per heavy atom. The van der Waals surface area contributed by atoms with Gasteiger partial charge in [-0.05, 0) is 84.9 Å². The van der Waals surface area contributed by atoms with E-state index in [1.807, 2.05) is 0 Å². The van der Waals surface area contributed by atoms with Crippen molar-refractivity contribution in [2.24, 2.45) is 52.8 Å². The van der Waals surface area contributed by atoms with Crippen molar-refractivity contribution >= 4 is 0 Å². The third-order valence-corrected chi connectivity index (χ3v) is 8.48. The van der Waals surface area contributed by atoms with E-state index in [0.717, 1.165) is 47.3 Å². The van der Waals surface area contributed by atoms with Crippen LogP contribution in [-0.4, -0.2) is 0 Å². The van der Waals surface area contributed by atoms with E-state index in [9.17, 15) is 0 Å². The molecule has 0 N–H and O–H groups in total. The summed E-state index contributed by atoms with van der Waals surface area (Å²) in [5, 5.41) is 0. The van der Waals surface area contributed by atoms with Crippen LogP contribution in [0.4, 0.5) is 0 Å². The minimum absolute atomic E-state index is 0.617. The zero-order valence-electron chi connectivity index (χ0n) is 17.8. The standard InChI is InChI=1S/C24H44/c1-9-10-11-12-17(4)18(5)13-21-14-22-15-24(8,20(7)16(2)3)23(22)19(21)6/h10-11,16-23H,9,12-15H2,1-8H3. The normalized spacial score (nSPS) is 39.7. The van der Waals surface area contributed by atoms with Gasteiger partial charge >= 0.3 is 0 Å². The highest BCUT2D eigenvalue weighted by molar-refractivity contribution is 5.08. The first kappa shape index (κ1) is 20.1. The van der Waals surface area contributed by atoms with Crippen LogP contribution in [0.3, 0.4) is 0 Å². The van der Waals surface area contributed by atoms with Crippen molar-refractivity contribution < 1.29 is 0 Å². The first-order valence-corrected chi connectivity index (χ1v) is 10.9. The quantitative estimate of drug-likeness (QED) is 0.401. The van der Waals surface area contributed by atoms with E-state index >= 15 is 0 Å². The average molecular weight is 333 g/mol. The average Bonchev–Trinajstić information content (AvgIpc) is 2.76. The van der Waals surface area contributed by atoms with Crippen LogP contribution in [0.2, 0.25) is 0 Å². The summed E-state index contributed by atoms with van der Waals surface area (Å²) in [5.41, 5.74) is 0.617. The summed E-state index contributed by atoms with van der Waals surface area (Å²) in [4.78, 5) is 0. The molecule has 2 aliphatic carbocycles. The van der Waals surface area contributed by atoms with Gasteiger partial charge < -0.3 is 0 Å². The van der Waals surface area contributed by atoms with Gasteiger partial charge in [-0.1, -0.05) is 67.5 Å². The molecule has 0 spiro atoms. The topological polar surface area (TPSA) is 0 Å². The monoisotopic (exact) mass is 332 g/mol. The summed E-state index contributed by atoms with van der Waals surface area (Å²) in [6.45, 7) is 19.8. The summed E-state index contributed by atoms with van der Waals surface area (Å²) in [5.74, 6) is 7.36. The minimum atomic E-state index is 0.617. The fourth-order valence-electron chi connectivity index (χ4n) is 6.34. The van der Waals surface area contributed by atoms with Crippen molar-refractivity contribution in [2.45, 2.75) is 87.5 Å². The molecule has 0 amide bonds. The minimum Gasteiger partial charge on any atom is -0.0888 e. The van der Waals surface area contributed by atoms with Crippen molar-refractivity contribution in [3.05, 3.63) is 12.2 Å². The first-order valence-electron chi connectivity index (χ1n) is 10.9. The zero-order valence-corrected chi connectivity index (χ0v) is 17.8. The van der Waals surface area contributed by atoms with Crippen LogP contribution in [0.5, 0.6) is 0 Å². The van der Waals surface area contributed by atoms with Gasteiger partial charge in [0.25, 0.3) is 0 Å². The highest BCUT2D eigenvalue weighted by atomic mass is 14.6. The lowest BCUT2D eigenvalue weighted by Gasteiger charge is -2.57. The molecule has 0 saturated heterocycles. The number of hydrogen-bond donors (Lipinski definition) is 0. The Labute approximate surface area is 152 Å². The Balaban J connectivity index is 1.92. The second-order valence-electron chi connectivity index (χ2n) is 10.2. The molecule has 8 unspecified atom stereocenters. The molecule has 2 fully saturated rings. The highest BCUT2D eigenvalue weighted by Gasteiger charge is 2.60. The second-order valence-corrected chi connectivity index (χ2v) is 10.2. The van der Waals surface area contributed by atoms with Gasteiger partial charge in [0, 0.05) is 0 Å². The SMILES string of the molecule is CCC=CCC(C)C(C)CC1CC2CC(C)(C(C)C(C)C)C2C1C. The molecule has 24 heavy (non-hydrogen) atoms. The summed E-state index contributed by atoms with van der Waals surface area (Å²) in [6, 6.07) is 0. The van der Waals surface area contributed by atoms with Crippen molar-refractivity contribution in [2.75, 3.05) is 0 Å². The van der Waals surface area contributed by atoms with E-state index in [1.54, 1.807) is 0 Å². The summed E-state index contributed by atoms with van der Waals surface area (Å²) < 4.78 is 0. The Hall–Kier alpha value is -0.260. The Bertz CT molecular complexity index is 420. The summed E-state index contributed by atoms with van der Waals surface area (Å²) >= 11 is 0. The fraction of sp³-hybridized carbons (Fsp3) is 0.917. The van der Waals surface area contributed by atoms with Crippen LogP contribution < -0.4 is 0 Å². The van der Waals surface area contributed by atoms with E-state index < -0.39 is 0 Å². The maximum Gasteiger partial charge on any atom is -0.0261 e. The zero-order chi connectivity index (χ0) is 18.1. The van der Waals surface area contributed by atoms with Crippen molar-refractivity contribution in [3.63, 3.8) is 0 Å². The first-order chi connectivity index (χ1) is 11.2. The largest absolute Gasteiger partial charge is 0.0888 e. The van der Waals surface area contributed by atoms with Gasteiger partial charge in [0.15, 0.2) is 0 Å². The Morgan fingerprint density at radius 3 is 2.29 bits per heavy atom. The summed E-state index contributed by atoms with van der Waals surface area (Å²) in [7, 11) is 0. The fourth-order valence-corrected chi connectivity index (χ4v) is 6.34. The van der Waals surface area contributed by atoms with Gasteiger partial charge in [0.05, 0.1) is 0 Å². The molecule has 0 nitrogen and oxygen atoms in total. The van der Waals surface area contributed by atoms with Crippen molar-refractivity contribution in [1.82, 2.24) is 0 Å². The maximum absolute atomic E-state index is 2.61. The molecule has 0 radical (unpaired) electrons. The van der Waals surface area contributed by atoms with E-state index in [2.05, 4.69) is 67.5 Å². The molecule has 0 heterocycles. The molecule has 0 bridgehead atoms. The van der Waals surface area contributed by atoms with Crippen LogP contribution in [-0.2, 0) is 0 Å². The molecule has 0 aromatic heterocycles. The molecule has 140 valence electrons. The molecule has 8 atom stereocenters. The molecular formula is C24H44. The Morgan fingerprint density at radius 1 is 1.04 bits per heavy atom. The lowest BCUT2D eigenvalue weighted by molar-refractivity contribution is -0.0852. The molecule has 2 rings (SSSR count). The molecule has 0 aromatic rings. The van der Waals surface area contributed by atoms with Gasteiger partial charge in [-0.2, -0.15) is 0 Å². The highest BCUT2D eigenvalue weighted by Crippen LogP contribution is 2.67. The third-order valence-electron chi connectivity index (χ3n) is 8.48. The molecular weight excluding hydrogens is 288 g/mol. The van der Waals surface area contributed by atoms with E-state index in [4.69, 9.17) is 0 Å².